The fourth-order valence-corrected chi connectivity index (χ4v) is 4.06. The number of fused-ring (bicyclic) bond motifs is 2. The van der Waals surface area contributed by atoms with Gasteiger partial charge in [0.1, 0.15) is 35.5 Å². The maximum Gasteiger partial charge on any atom is 0.348 e. The van der Waals surface area contributed by atoms with Crippen LogP contribution in [-0.2, 0) is 14.2 Å². The van der Waals surface area contributed by atoms with Crippen molar-refractivity contribution < 1.29 is 19.3 Å². The van der Waals surface area contributed by atoms with E-state index in [4.69, 9.17) is 19.9 Å². The first-order valence-corrected chi connectivity index (χ1v) is 9.33. The van der Waals surface area contributed by atoms with Crippen LogP contribution < -0.4 is 11.4 Å². The van der Waals surface area contributed by atoms with Crippen molar-refractivity contribution in [3.8, 4) is 11.4 Å². The Balaban J connectivity index is 1.74. The molecule has 4 atom stereocenters. The number of aliphatic hydroxyl groups is 1. The maximum absolute atomic E-state index is 12.0. The third-order valence-corrected chi connectivity index (χ3v) is 5.18. The number of H-pyrrole nitrogens is 1. The molecule has 2 aliphatic rings. The Morgan fingerprint density at radius 2 is 1.93 bits per heavy atom. The highest BCUT2D eigenvalue weighted by Crippen LogP contribution is 2.45. The molecule has 2 aromatic heterocycles. The summed E-state index contributed by atoms with van der Waals surface area (Å²) < 4.78 is 19.8. The summed E-state index contributed by atoms with van der Waals surface area (Å²) >= 11 is 0. The van der Waals surface area contributed by atoms with E-state index in [1.54, 1.807) is 4.57 Å². The molecule has 2 aliphatic heterocycles. The summed E-state index contributed by atoms with van der Waals surface area (Å²) in [7, 11) is 0. The molecular weight excluding hydrogens is 378 g/mol. The van der Waals surface area contributed by atoms with Crippen molar-refractivity contribution >= 4 is 17.0 Å². The first-order valence-electron chi connectivity index (χ1n) is 9.33. The second kappa shape index (κ2) is 6.36. The van der Waals surface area contributed by atoms with Crippen LogP contribution in [0.2, 0.25) is 0 Å². The van der Waals surface area contributed by atoms with E-state index in [1.807, 2.05) is 44.2 Å². The van der Waals surface area contributed by atoms with E-state index in [0.717, 1.165) is 5.56 Å². The number of nitrogens with one attached hydrogen (secondary N) is 1. The Morgan fingerprint density at radius 1 is 1.21 bits per heavy atom. The van der Waals surface area contributed by atoms with Gasteiger partial charge in [0, 0.05) is 5.56 Å². The molecule has 2 fully saturated rings. The minimum absolute atomic E-state index is 0.119. The second-order valence-corrected chi connectivity index (χ2v) is 7.61. The molecule has 0 amide bonds. The lowest BCUT2D eigenvalue weighted by Crippen LogP contribution is -2.31. The standard InChI is InChI=1S/C19H21N5O5/c1-19(2)28-12-10(8-25)27-17(13(12)29-19)24-15(9-6-4-3-5-7-9)21-11-14(20)22-18(26)23-16(11)24/h3-7,10,12-13,17,25H,8H2,1-2H3,(H3,20,22,23,26)/t10-,12-,13-,17-/m1/s1. The average molecular weight is 399 g/mol. The predicted molar refractivity (Wildman–Crippen MR) is 103 cm³/mol. The molecule has 29 heavy (non-hydrogen) atoms. The Morgan fingerprint density at radius 3 is 2.66 bits per heavy atom. The number of hydrogen-bond donors (Lipinski definition) is 3. The first-order chi connectivity index (χ1) is 13.9. The number of benzene rings is 1. The van der Waals surface area contributed by atoms with Crippen molar-refractivity contribution in [2.45, 2.75) is 44.2 Å². The number of rotatable bonds is 3. The van der Waals surface area contributed by atoms with Gasteiger partial charge in [0.2, 0.25) is 0 Å². The number of aliphatic hydroxyl groups excluding tert-OH is 1. The summed E-state index contributed by atoms with van der Waals surface area (Å²) in [4.78, 5) is 23.3. The van der Waals surface area contributed by atoms with Crippen LogP contribution in [0.3, 0.4) is 0 Å². The fourth-order valence-electron chi connectivity index (χ4n) is 4.06. The average Bonchev–Trinajstić information content (AvgIpc) is 3.30. The molecule has 1 aromatic carbocycles. The third kappa shape index (κ3) is 2.84. The lowest BCUT2D eigenvalue weighted by atomic mass is 10.1. The molecule has 0 bridgehead atoms. The topological polar surface area (TPSA) is 138 Å². The van der Waals surface area contributed by atoms with Crippen molar-refractivity contribution in [3.63, 3.8) is 0 Å². The smallest absolute Gasteiger partial charge is 0.348 e. The summed E-state index contributed by atoms with van der Waals surface area (Å²) in [6.07, 6.45) is -2.30. The van der Waals surface area contributed by atoms with Gasteiger partial charge >= 0.3 is 5.69 Å². The first kappa shape index (κ1) is 18.3. The minimum Gasteiger partial charge on any atom is -0.394 e. The summed E-state index contributed by atoms with van der Waals surface area (Å²) in [6.45, 7) is 3.38. The van der Waals surface area contributed by atoms with Crippen molar-refractivity contribution in [2.24, 2.45) is 0 Å². The van der Waals surface area contributed by atoms with Gasteiger partial charge in [-0.05, 0) is 13.8 Å². The number of aromatic amines is 1. The van der Waals surface area contributed by atoms with Crippen LogP contribution in [0, 0.1) is 0 Å². The maximum atomic E-state index is 12.0. The van der Waals surface area contributed by atoms with E-state index in [-0.39, 0.29) is 18.1 Å². The van der Waals surface area contributed by atoms with E-state index in [2.05, 4.69) is 15.0 Å². The van der Waals surface area contributed by atoms with Crippen LogP contribution >= 0.6 is 0 Å². The van der Waals surface area contributed by atoms with Gasteiger partial charge in [-0.1, -0.05) is 30.3 Å². The summed E-state index contributed by atoms with van der Waals surface area (Å²) in [6, 6.07) is 9.44. The Bertz CT molecular complexity index is 1130. The zero-order chi connectivity index (χ0) is 20.3. The molecule has 0 unspecified atom stereocenters. The molecule has 5 rings (SSSR count). The second-order valence-electron chi connectivity index (χ2n) is 7.61. The predicted octanol–water partition coefficient (Wildman–Crippen LogP) is 0.779. The fraction of sp³-hybridized carbons (Fsp3) is 0.421. The van der Waals surface area contributed by atoms with Crippen LogP contribution in [0.25, 0.3) is 22.6 Å². The Labute approximate surface area is 165 Å². The molecule has 0 spiro atoms. The van der Waals surface area contributed by atoms with Crippen LogP contribution in [0.4, 0.5) is 5.82 Å². The van der Waals surface area contributed by atoms with E-state index in [1.165, 1.54) is 0 Å². The Hall–Kier alpha value is -2.79. The molecule has 10 nitrogen and oxygen atoms in total. The minimum atomic E-state index is -0.835. The third-order valence-electron chi connectivity index (χ3n) is 5.18. The van der Waals surface area contributed by atoms with Gasteiger partial charge in [-0.15, -0.1) is 0 Å². The summed E-state index contributed by atoms with van der Waals surface area (Å²) in [5.41, 5.74) is 6.85. The highest BCUT2D eigenvalue weighted by molar-refractivity contribution is 5.85. The van der Waals surface area contributed by atoms with Crippen molar-refractivity contribution in [1.29, 1.82) is 0 Å². The molecule has 3 aromatic rings. The summed E-state index contributed by atoms with van der Waals surface area (Å²) in [5.74, 6) is -0.194. The SMILES string of the molecule is CC1(C)O[C@@H]2[C@H](O1)[C@@H](CO)O[C@H]2n1c(-c2ccccc2)nc2c(N)[nH]c(=O)nc21. The molecule has 4 heterocycles. The number of ether oxygens (including phenoxy) is 3. The highest BCUT2D eigenvalue weighted by Gasteiger charge is 2.56. The number of nitrogen functional groups attached to an aromatic ring is 1. The quantitative estimate of drug-likeness (QED) is 0.587. The van der Waals surface area contributed by atoms with Crippen LogP contribution in [0.15, 0.2) is 35.1 Å². The van der Waals surface area contributed by atoms with Crippen molar-refractivity contribution in [3.05, 3.63) is 40.8 Å². The summed E-state index contributed by atoms with van der Waals surface area (Å²) in [5, 5.41) is 9.81. The van der Waals surface area contributed by atoms with Crippen LogP contribution in [0.1, 0.15) is 20.1 Å². The van der Waals surface area contributed by atoms with E-state index < -0.39 is 36.0 Å². The van der Waals surface area contributed by atoms with Crippen molar-refractivity contribution in [2.75, 3.05) is 12.3 Å². The van der Waals surface area contributed by atoms with Crippen LogP contribution in [-0.4, -0.2) is 55.3 Å². The molecule has 152 valence electrons. The zero-order valence-corrected chi connectivity index (χ0v) is 15.9. The molecule has 10 heteroatoms. The highest BCUT2D eigenvalue weighted by atomic mass is 16.8. The number of anilines is 1. The molecule has 0 saturated carbocycles. The molecule has 0 aliphatic carbocycles. The van der Waals surface area contributed by atoms with Gasteiger partial charge in [0.05, 0.1) is 6.61 Å². The number of aromatic nitrogens is 4. The number of hydrogen-bond acceptors (Lipinski definition) is 8. The number of nitrogens with two attached hydrogens (primary N) is 1. The van der Waals surface area contributed by atoms with E-state index >= 15 is 0 Å². The zero-order valence-electron chi connectivity index (χ0n) is 15.9. The van der Waals surface area contributed by atoms with Gasteiger partial charge in [0.15, 0.2) is 17.7 Å². The largest absolute Gasteiger partial charge is 0.394 e. The van der Waals surface area contributed by atoms with Crippen LogP contribution in [0.5, 0.6) is 0 Å². The van der Waals surface area contributed by atoms with Gasteiger partial charge < -0.3 is 25.1 Å². The van der Waals surface area contributed by atoms with E-state index in [9.17, 15) is 9.90 Å². The van der Waals surface area contributed by atoms with Gasteiger partial charge in [-0.2, -0.15) is 4.98 Å². The number of nitrogens with zero attached hydrogens (tertiary/aromatic N) is 3. The van der Waals surface area contributed by atoms with Gasteiger partial charge in [0.25, 0.3) is 0 Å². The molecule has 2 saturated heterocycles. The van der Waals surface area contributed by atoms with Crippen molar-refractivity contribution in [1.82, 2.24) is 19.5 Å². The van der Waals surface area contributed by atoms with E-state index in [0.29, 0.717) is 11.3 Å². The number of imidazole rings is 1. The molecule has 0 radical (unpaired) electrons. The molecule has 4 N–H and O–H groups in total. The normalized spacial score (nSPS) is 28.1. The Kier molecular flexibility index (Phi) is 4.00. The van der Waals surface area contributed by atoms with Gasteiger partial charge in [-0.3, -0.25) is 9.55 Å². The lowest BCUT2D eigenvalue weighted by molar-refractivity contribution is -0.199. The van der Waals surface area contributed by atoms with Gasteiger partial charge in [-0.25, -0.2) is 9.78 Å². The monoisotopic (exact) mass is 399 g/mol. The molecular formula is C19H21N5O5. The lowest BCUT2D eigenvalue weighted by Gasteiger charge is -2.25.